The van der Waals surface area contributed by atoms with Gasteiger partial charge in [-0.1, -0.05) is 31.9 Å². The van der Waals surface area contributed by atoms with Gasteiger partial charge < -0.3 is 4.42 Å². The number of hydrogen-bond acceptors (Lipinski definition) is 2. The molecule has 0 saturated carbocycles. The molecule has 1 aliphatic rings. The fourth-order valence-electron chi connectivity index (χ4n) is 4.75. The molecule has 0 aliphatic heterocycles. The standard InChI is InChI=1S/C28H25N2O/c1-16-8-11-23(30(5)15-16)25-17(2)9-10-18-21-13-20-19-7-6-12-29-27(19)28(3,4)22(20)14-24(21)31-26(18)25/h6-15H,1-5H3/q+1/i1D3,3D3,4D3. The van der Waals surface area contributed by atoms with Crippen molar-refractivity contribution in [1.29, 1.82) is 0 Å². The van der Waals surface area contributed by atoms with E-state index < -0.39 is 26.0 Å². The van der Waals surface area contributed by atoms with Crippen LogP contribution >= 0.6 is 0 Å². The van der Waals surface area contributed by atoms with Crippen LogP contribution in [0.4, 0.5) is 0 Å². The number of hydrogen-bond donors (Lipinski definition) is 0. The Morgan fingerprint density at radius 2 is 1.94 bits per heavy atom. The van der Waals surface area contributed by atoms with Crippen LogP contribution in [-0.4, -0.2) is 4.98 Å². The lowest BCUT2D eigenvalue weighted by atomic mass is 9.85. The van der Waals surface area contributed by atoms with Gasteiger partial charge in [0.05, 0.1) is 11.3 Å². The van der Waals surface area contributed by atoms with Crippen molar-refractivity contribution in [3.63, 3.8) is 0 Å². The molecule has 0 saturated heterocycles. The summed E-state index contributed by atoms with van der Waals surface area (Å²) in [5, 5.41) is 1.47. The topological polar surface area (TPSA) is 29.9 Å². The number of furan rings is 1. The van der Waals surface area contributed by atoms with E-state index in [9.17, 15) is 0 Å². The predicted molar refractivity (Wildman–Crippen MR) is 125 cm³/mol. The lowest BCUT2D eigenvalue weighted by Crippen LogP contribution is -2.31. The highest BCUT2D eigenvalue weighted by atomic mass is 16.3. The van der Waals surface area contributed by atoms with E-state index in [0.29, 0.717) is 27.7 Å². The molecule has 3 nitrogen and oxygen atoms in total. The number of fused-ring (bicyclic) bond motifs is 6. The third kappa shape index (κ3) is 2.40. The Kier molecular flexibility index (Phi) is 2.19. The summed E-state index contributed by atoms with van der Waals surface area (Å²) in [5.74, 6) is 0. The Morgan fingerprint density at radius 1 is 1.03 bits per heavy atom. The Hall–Kier alpha value is -3.46. The molecule has 0 fully saturated rings. The molecule has 31 heavy (non-hydrogen) atoms. The molecule has 152 valence electrons. The molecule has 0 amide bonds. The van der Waals surface area contributed by atoms with Gasteiger partial charge in [-0.25, -0.2) is 4.57 Å². The molecule has 0 spiro atoms. The zero-order chi connectivity index (χ0) is 29.0. The summed E-state index contributed by atoms with van der Waals surface area (Å²) in [5.41, 5.74) is 2.29. The van der Waals surface area contributed by atoms with Crippen LogP contribution in [0.1, 0.15) is 48.4 Å². The van der Waals surface area contributed by atoms with Gasteiger partial charge in [0, 0.05) is 51.9 Å². The first-order valence-corrected chi connectivity index (χ1v) is 10.0. The Labute approximate surface area is 194 Å². The van der Waals surface area contributed by atoms with E-state index >= 15 is 0 Å². The predicted octanol–water partition coefficient (Wildman–Crippen LogP) is 6.40. The normalized spacial score (nSPS) is 19.7. The van der Waals surface area contributed by atoms with Crippen LogP contribution in [0.5, 0.6) is 0 Å². The molecule has 3 heterocycles. The summed E-state index contributed by atoms with van der Waals surface area (Å²) in [4.78, 5) is 4.30. The quantitative estimate of drug-likeness (QED) is 0.297. The van der Waals surface area contributed by atoms with Crippen molar-refractivity contribution in [2.75, 3.05) is 0 Å². The lowest BCUT2D eigenvalue weighted by Gasteiger charge is -2.19. The third-order valence-electron chi connectivity index (χ3n) is 6.23. The van der Waals surface area contributed by atoms with E-state index in [1.54, 1.807) is 54.2 Å². The van der Waals surface area contributed by atoms with Gasteiger partial charge in [0.2, 0.25) is 5.69 Å². The van der Waals surface area contributed by atoms with E-state index in [4.69, 9.17) is 16.8 Å². The fraction of sp³-hybridized carbons (Fsp3) is 0.214. The highest BCUT2D eigenvalue weighted by molar-refractivity contribution is 6.11. The molecule has 0 atom stereocenters. The van der Waals surface area contributed by atoms with Gasteiger partial charge in [-0.2, -0.15) is 0 Å². The first-order valence-electron chi connectivity index (χ1n) is 14.5. The molecule has 3 aromatic heterocycles. The van der Waals surface area contributed by atoms with Gasteiger partial charge in [0.15, 0.2) is 6.20 Å². The number of aryl methyl sites for hydroxylation is 3. The Bertz CT molecular complexity index is 1830. The maximum atomic E-state index is 8.43. The number of pyridine rings is 2. The van der Waals surface area contributed by atoms with Gasteiger partial charge in [0.25, 0.3) is 0 Å². The van der Waals surface area contributed by atoms with Crippen molar-refractivity contribution in [3.05, 3.63) is 83.3 Å². The van der Waals surface area contributed by atoms with E-state index in [-0.39, 0.29) is 16.8 Å². The Balaban J connectivity index is 1.69. The summed E-state index contributed by atoms with van der Waals surface area (Å²) in [6.07, 6.45) is 2.99. The molecule has 2 aromatic carbocycles. The van der Waals surface area contributed by atoms with Crippen molar-refractivity contribution in [2.24, 2.45) is 7.05 Å². The van der Waals surface area contributed by atoms with Crippen LogP contribution in [0.3, 0.4) is 0 Å². The number of rotatable bonds is 1. The largest absolute Gasteiger partial charge is 0.455 e. The van der Waals surface area contributed by atoms with Crippen LogP contribution in [0.15, 0.2) is 65.3 Å². The maximum Gasteiger partial charge on any atom is 0.216 e. The molecule has 0 N–H and O–H groups in total. The molecule has 3 heteroatoms. The summed E-state index contributed by atoms with van der Waals surface area (Å²) < 4.78 is 82.0. The van der Waals surface area contributed by atoms with Crippen molar-refractivity contribution in [1.82, 2.24) is 4.98 Å². The smallest absolute Gasteiger partial charge is 0.216 e. The molecular formula is C28H25N2O+. The first kappa shape index (κ1) is 11.2. The summed E-state index contributed by atoms with van der Waals surface area (Å²) in [6, 6.07) is 13.9. The van der Waals surface area contributed by atoms with Crippen LogP contribution in [-0.2, 0) is 12.5 Å². The molecule has 1 aliphatic carbocycles. The minimum atomic E-state index is -2.92. The molecule has 0 unspecified atom stereocenters. The molecule has 0 radical (unpaired) electrons. The SMILES string of the molecule is [2H]C([2H])([2H])c1ccc(-c2c(C)ccc3c2oc2cc4c(cc23)-c2cccnc2C4(C([2H])([2H])[2H])C([2H])([2H])[2H])[n+](C)c1. The molecule has 6 rings (SSSR count). The Morgan fingerprint density at radius 3 is 2.74 bits per heavy atom. The molecular weight excluding hydrogens is 380 g/mol. The summed E-state index contributed by atoms with van der Waals surface area (Å²) in [7, 11) is 1.77. The van der Waals surface area contributed by atoms with Gasteiger partial charge in [-0.15, -0.1) is 0 Å². The minimum Gasteiger partial charge on any atom is -0.455 e. The van der Waals surface area contributed by atoms with E-state index in [0.717, 1.165) is 22.2 Å². The number of aromatic nitrogens is 2. The van der Waals surface area contributed by atoms with Crippen LogP contribution in [0.2, 0.25) is 0 Å². The third-order valence-corrected chi connectivity index (χ3v) is 6.23. The second-order valence-electron chi connectivity index (χ2n) is 8.19. The zero-order valence-corrected chi connectivity index (χ0v) is 17.1. The van der Waals surface area contributed by atoms with Crippen LogP contribution < -0.4 is 4.57 Å². The maximum absolute atomic E-state index is 8.43. The van der Waals surface area contributed by atoms with Gasteiger partial charge in [0.1, 0.15) is 18.2 Å². The highest BCUT2D eigenvalue weighted by Gasteiger charge is 2.37. The van der Waals surface area contributed by atoms with E-state index in [1.165, 1.54) is 6.20 Å². The molecule has 0 bridgehead atoms. The second kappa shape index (κ2) is 6.04. The zero-order valence-electron chi connectivity index (χ0n) is 26.1. The van der Waals surface area contributed by atoms with Crippen LogP contribution in [0, 0.1) is 13.8 Å². The van der Waals surface area contributed by atoms with E-state index in [1.807, 2.05) is 19.1 Å². The van der Waals surface area contributed by atoms with Gasteiger partial charge in [-0.05, 0) is 54.7 Å². The van der Waals surface area contributed by atoms with E-state index in [2.05, 4.69) is 4.98 Å². The van der Waals surface area contributed by atoms with Crippen molar-refractivity contribution in [3.8, 4) is 22.4 Å². The monoisotopic (exact) mass is 414 g/mol. The van der Waals surface area contributed by atoms with Crippen molar-refractivity contribution < 1.29 is 21.3 Å². The van der Waals surface area contributed by atoms with Crippen molar-refractivity contribution in [2.45, 2.75) is 32.9 Å². The van der Waals surface area contributed by atoms with Crippen LogP contribution in [0.25, 0.3) is 44.3 Å². The summed E-state index contributed by atoms with van der Waals surface area (Å²) in [6.45, 7) is -6.17. The van der Waals surface area contributed by atoms with Gasteiger partial charge in [-0.3, -0.25) is 4.98 Å². The molecule has 5 aromatic rings. The first-order chi connectivity index (χ1) is 18.6. The fourth-order valence-corrected chi connectivity index (χ4v) is 4.75. The second-order valence-corrected chi connectivity index (χ2v) is 8.19. The average Bonchev–Trinajstić information content (AvgIpc) is 3.35. The number of nitrogens with zero attached hydrogens (tertiary/aromatic N) is 2. The average molecular weight is 415 g/mol. The highest BCUT2D eigenvalue weighted by Crippen LogP contribution is 2.50. The van der Waals surface area contributed by atoms with Gasteiger partial charge >= 0.3 is 0 Å². The minimum absolute atomic E-state index is 0.0138. The number of benzene rings is 2. The van der Waals surface area contributed by atoms with Crippen molar-refractivity contribution >= 4 is 21.9 Å². The lowest BCUT2D eigenvalue weighted by molar-refractivity contribution is -0.660. The summed E-state index contributed by atoms with van der Waals surface area (Å²) >= 11 is 0.